The van der Waals surface area contributed by atoms with E-state index in [-0.39, 0.29) is 11.8 Å². The van der Waals surface area contributed by atoms with Gasteiger partial charge in [-0.3, -0.25) is 9.59 Å². The second kappa shape index (κ2) is 9.57. The van der Waals surface area contributed by atoms with E-state index in [9.17, 15) is 9.59 Å². The molecule has 2 aliphatic rings. The number of nitrogens with zero attached hydrogens (tertiary/aromatic N) is 1. The molecule has 0 unspecified atom stereocenters. The molecule has 0 spiro atoms. The van der Waals surface area contributed by atoms with Crippen LogP contribution in [0.15, 0.2) is 48.5 Å². The largest absolute Gasteiger partial charge is 0.381 e. The van der Waals surface area contributed by atoms with Gasteiger partial charge in [0.1, 0.15) is 0 Å². The van der Waals surface area contributed by atoms with E-state index < -0.39 is 0 Å². The SMILES string of the molecule is COCc1ccc(C(=O)Nc2cccc3c2C(=O)N(CC2CCOCC2)C3)c2ccc(C)cc12. The van der Waals surface area contributed by atoms with Crippen LogP contribution in [-0.4, -0.2) is 43.6 Å². The van der Waals surface area contributed by atoms with Gasteiger partial charge in [0.15, 0.2) is 0 Å². The molecule has 2 heterocycles. The number of nitrogens with one attached hydrogen (secondary N) is 1. The molecule has 176 valence electrons. The first-order valence-electron chi connectivity index (χ1n) is 11.9. The first-order chi connectivity index (χ1) is 16.5. The lowest BCUT2D eigenvalue weighted by Gasteiger charge is -2.26. The number of carbonyl (C=O) groups excluding carboxylic acids is 2. The number of fused-ring (bicyclic) bond motifs is 2. The van der Waals surface area contributed by atoms with Gasteiger partial charge in [-0.05, 0) is 59.7 Å². The molecule has 0 bridgehead atoms. The quantitative estimate of drug-likeness (QED) is 0.569. The molecule has 2 amide bonds. The molecule has 6 nitrogen and oxygen atoms in total. The molecule has 1 N–H and O–H groups in total. The highest BCUT2D eigenvalue weighted by Crippen LogP contribution is 2.32. The van der Waals surface area contributed by atoms with Gasteiger partial charge in [-0.2, -0.15) is 0 Å². The first kappa shape index (κ1) is 22.6. The van der Waals surface area contributed by atoms with Gasteiger partial charge in [0.25, 0.3) is 11.8 Å². The Morgan fingerprint density at radius 1 is 1.12 bits per heavy atom. The molecule has 34 heavy (non-hydrogen) atoms. The van der Waals surface area contributed by atoms with Crippen molar-refractivity contribution in [2.45, 2.75) is 32.9 Å². The van der Waals surface area contributed by atoms with E-state index in [4.69, 9.17) is 9.47 Å². The van der Waals surface area contributed by atoms with Gasteiger partial charge < -0.3 is 19.7 Å². The van der Waals surface area contributed by atoms with E-state index in [1.54, 1.807) is 7.11 Å². The van der Waals surface area contributed by atoms with Crippen LogP contribution in [-0.2, 0) is 22.6 Å². The van der Waals surface area contributed by atoms with Crippen LogP contribution in [0.1, 0.15) is 50.2 Å². The lowest BCUT2D eigenvalue weighted by molar-refractivity contribution is 0.0469. The molecule has 0 aromatic heterocycles. The minimum Gasteiger partial charge on any atom is -0.381 e. The van der Waals surface area contributed by atoms with Crippen molar-refractivity contribution >= 4 is 28.3 Å². The molecular formula is C28H30N2O4. The zero-order chi connectivity index (χ0) is 23.7. The predicted octanol–water partition coefficient (Wildman–Crippen LogP) is 4.93. The molecule has 3 aromatic carbocycles. The summed E-state index contributed by atoms with van der Waals surface area (Å²) in [5.41, 5.74) is 4.89. The van der Waals surface area contributed by atoms with Gasteiger partial charge >= 0.3 is 0 Å². The minimum atomic E-state index is -0.220. The zero-order valence-electron chi connectivity index (χ0n) is 19.7. The fourth-order valence-corrected chi connectivity index (χ4v) is 5.10. The summed E-state index contributed by atoms with van der Waals surface area (Å²) in [6.45, 7) is 5.35. The number of amides is 2. The number of hydrogen-bond donors (Lipinski definition) is 1. The maximum Gasteiger partial charge on any atom is 0.256 e. The second-order valence-electron chi connectivity index (χ2n) is 9.29. The summed E-state index contributed by atoms with van der Waals surface area (Å²) < 4.78 is 10.8. The summed E-state index contributed by atoms with van der Waals surface area (Å²) in [4.78, 5) is 28.6. The summed E-state index contributed by atoms with van der Waals surface area (Å²) in [6, 6.07) is 15.5. The Labute approximate surface area is 199 Å². The van der Waals surface area contributed by atoms with Crippen LogP contribution in [0.4, 0.5) is 5.69 Å². The Morgan fingerprint density at radius 2 is 1.94 bits per heavy atom. The normalized spacial score (nSPS) is 16.2. The average molecular weight is 459 g/mol. The van der Waals surface area contributed by atoms with E-state index in [2.05, 4.69) is 11.4 Å². The third-order valence-corrected chi connectivity index (χ3v) is 6.89. The molecule has 1 saturated heterocycles. The maximum atomic E-state index is 13.4. The number of hydrogen-bond acceptors (Lipinski definition) is 4. The van der Waals surface area contributed by atoms with Crippen LogP contribution in [0.5, 0.6) is 0 Å². The number of ether oxygens (including phenoxy) is 2. The van der Waals surface area contributed by atoms with Gasteiger partial charge in [-0.25, -0.2) is 0 Å². The number of rotatable bonds is 6. The van der Waals surface area contributed by atoms with Crippen molar-refractivity contribution in [2.24, 2.45) is 5.92 Å². The highest BCUT2D eigenvalue weighted by molar-refractivity contribution is 6.16. The highest BCUT2D eigenvalue weighted by atomic mass is 16.5. The molecule has 0 atom stereocenters. The van der Waals surface area contributed by atoms with Gasteiger partial charge in [0.05, 0.1) is 17.9 Å². The molecule has 1 fully saturated rings. The van der Waals surface area contributed by atoms with Crippen molar-refractivity contribution in [1.29, 1.82) is 0 Å². The lowest BCUT2D eigenvalue weighted by atomic mass is 9.97. The number of methoxy groups -OCH3 is 1. The van der Waals surface area contributed by atoms with Gasteiger partial charge in [-0.15, -0.1) is 0 Å². The number of benzene rings is 3. The first-order valence-corrected chi connectivity index (χ1v) is 11.9. The van der Waals surface area contributed by atoms with Crippen LogP contribution >= 0.6 is 0 Å². The molecule has 0 radical (unpaired) electrons. The van der Waals surface area contributed by atoms with E-state index in [1.807, 2.05) is 54.3 Å². The summed E-state index contributed by atoms with van der Waals surface area (Å²) in [6.07, 6.45) is 1.96. The van der Waals surface area contributed by atoms with E-state index >= 15 is 0 Å². The van der Waals surface area contributed by atoms with Crippen LogP contribution in [0.25, 0.3) is 10.8 Å². The smallest absolute Gasteiger partial charge is 0.256 e. The van der Waals surface area contributed by atoms with Crippen molar-refractivity contribution in [3.05, 3.63) is 76.3 Å². The highest BCUT2D eigenvalue weighted by Gasteiger charge is 2.32. The summed E-state index contributed by atoms with van der Waals surface area (Å²) in [7, 11) is 1.67. The fourth-order valence-electron chi connectivity index (χ4n) is 5.10. The Kier molecular flexibility index (Phi) is 6.35. The van der Waals surface area contributed by atoms with E-state index in [0.29, 0.717) is 35.9 Å². The number of anilines is 1. The lowest BCUT2D eigenvalue weighted by Crippen LogP contribution is -2.32. The van der Waals surface area contributed by atoms with E-state index in [1.165, 1.54) is 0 Å². The van der Waals surface area contributed by atoms with Crippen LogP contribution in [0, 0.1) is 12.8 Å². The molecule has 3 aromatic rings. The molecule has 0 saturated carbocycles. The van der Waals surface area contributed by atoms with E-state index in [0.717, 1.165) is 60.1 Å². The summed E-state index contributed by atoms with van der Waals surface area (Å²) >= 11 is 0. The fraction of sp³-hybridized carbons (Fsp3) is 0.357. The summed E-state index contributed by atoms with van der Waals surface area (Å²) in [5.74, 6) is 0.237. The predicted molar refractivity (Wildman–Crippen MR) is 132 cm³/mol. The Morgan fingerprint density at radius 3 is 2.74 bits per heavy atom. The molecule has 2 aliphatic heterocycles. The van der Waals surface area contributed by atoms with Crippen molar-refractivity contribution < 1.29 is 19.1 Å². The average Bonchev–Trinajstić information content (AvgIpc) is 3.16. The van der Waals surface area contributed by atoms with Crippen molar-refractivity contribution in [3.8, 4) is 0 Å². The third-order valence-electron chi connectivity index (χ3n) is 6.89. The second-order valence-corrected chi connectivity index (χ2v) is 9.29. The molecular weight excluding hydrogens is 428 g/mol. The maximum absolute atomic E-state index is 13.4. The van der Waals surface area contributed by atoms with Crippen LogP contribution in [0.2, 0.25) is 0 Å². The van der Waals surface area contributed by atoms with Crippen molar-refractivity contribution in [1.82, 2.24) is 4.90 Å². The standard InChI is InChI=1S/C28H30N2O4/c1-18-6-8-22-23(9-7-21(17-33-2)24(22)14-18)27(31)29-25-5-3-4-20-16-30(28(32)26(20)25)15-19-10-12-34-13-11-19/h3-9,14,19H,10-13,15-17H2,1-2H3,(H,29,31). The topological polar surface area (TPSA) is 67.9 Å². The van der Waals surface area contributed by atoms with Gasteiger partial charge in [-0.1, -0.05) is 42.0 Å². The molecule has 6 heteroatoms. The number of aryl methyl sites for hydroxylation is 1. The monoisotopic (exact) mass is 458 g/mol. The number of carbonyl (C=O) groups is 2. The molecule has 5 rings (SSSR count). The Balaban J connectivity index is 1.41. The van der Waals surface area contributed by atoms with Crippen LogP contribution in [0.3, 0.4) is 0 Å². The molecule has 0 aliphatic carbocycles. The van der Waals surface area contributed by atoms with Crippen LogP contribution < -0.4 is 5.32 Å². The van der Waals surface area contributed by atoms with Gasteiger partial charge in [0.2, 0.25) is 0 Å². The Bertz CT molecular complexity index is 1250. The zero-order valence-corrected chi connectivity index (χ0v) is 19.7. The van der Waals surface area contributed by atoms with Crippen molar-refractivity contribution in [2.75, 3.05) is 32.2 Å². The Hall–Kier alpha value is -3.22. The summed E-state index contributed by atoms with van der Waals surface area (Å²) in [5, 5.41) is 4.91. The van der Waals surface area contributed by atoms with Gasteiger partial charge in [0, 0.05) is 39.0 Å². The minimum absolute atomic E-state index is 0.00619. The van der Waals surface area contributed by atoms with Crippen molar-refractivity contribution in [3.63, 3.8) is 0 Å². The third kappa shape index (κ3) is 4.31.